The van der Waals surface area contributed by atoms with Gasteiger partial charge in [-0.25, -0.2) is 8.42 Å². The quantitative estimate of drug-likeness (QED) is 0.721. The number of aryl methyl sites for hydroxylation is 1. The Hall–Kier alpha value is -2.54. The molecule has 1 aliphatic heterocycles. The predicted octanol–water partition coefficient (Wildman–Crippen LogP) is 3.96. The molecule has 0 bridgehead atoms. The van der Waals surface area contributed by atoms with Crippen molar-refractivity contribution in [1.29, 1.82) is 0 Å². The summed E-state index contributed by atoms with van der Waals surface area (Å²) >= 11 is 0. The van der Waals surface area contributed by atoms with Crippen LogP contribution in [0, 0.1) is 6.92 Å². The molecule has 162 valence electrons. The smallest absolute Gasteiger partial charge is 0.232 e. The van der Waals surface area contributed by atoms with Crippen LogP contribution < -0.4 is 14.4 Å². The number of hydrogen-bond donors (Lipinski definition) is 1. The van der Waals surface area contributed by atoms with Crippen LogP contribution in [0.3, 0.4) is 0 Å². The summed E-state index contributed by atoms with van der Waals surface area (Å²) in [6, 6.07) is 15.0. The van der Waals surface area contributed by atoms with Crippen LogP contribution in [0.25, 0.3) is 0 Å². The molecule has 0 saturated carbocycles. The Bertz CT molecular complexity index is 1020. The Labute approximate surface area is 179 Å². The zero-order valence-electron chi connectivity index (χ0n) is 18.0. The Morgan fingerprint density at radius 1 is 1.20 bits per heavy atom. The van der Waals surface area contributed by atoms with Gasteiger partial charge in [-0.2, -0.15) is 0 Å². The van der Waals surface area contributed by atoms with E-state index in [0.29, 0.717) is 18.5 Å². The lowest BCUT2D eigenvalue weighted by molar-refractivity contribution is -0.122. The number of sulfonamides is 1. The number of nitrogens with one attached hydrogen (secondary N) is 1. The summed E-state index contributed by atoms with van der Waals surface area (Å²) in [7, 11) is -3.43. The minimum absolute atomic E-state index is 0.0924. The van der Waals surface area contributed by atoms with Crippen molar-refractivity contribution < 1.29 is 17.9 Å². The maximum atomic E-state index is 12.6. The highest BCUT2D eigenvalue weighted by atomic mass is 32.2. The van der Waals surface area contributed by atoms with E-state index in [0.717, 1.165) is 16.9 Å². The van der Waals surface area contributed by atoms with Gasteiger partial charge in [0.05, 0.1) is 18.0 Å². The van der Waals surface area contributed by atoms with Crippen LogP contribution in [0.5, 0.6) is 5.75 Å². The molecule has 1 N–H and O–H groups in total. The molecule has 6 nitrogen and oxygen atoms in total. The van der Waals surface area contributed by atoms with Crippen molar-refractivity contribution in [2.45, 2.75) is 51.7 Å². The molecule has 2 aromatic carbocycles. The number of carbonyl (C=O) groups is 1. The minimum atomic E-state index is -3.43. The van der Waals surface area contributed by atoms with Crippen molar-refractivity contribution in [3.63, 3.8) is 0 Å². The first-order chi connectivity index (χ1) is 14.0. The SMILES string of the molecule is Cc1cccc(N(CCCC(=O)NC2CC(C)(C)Oc3ccccc32)S(C)(=O)=O)c1. The Balaban J connectivity index is 1.63. The van der Waals surface area contributed by atoms with E-state index in [1.54, 1.807) is 6.07 Å². The van der Waals surface area contributed by atoms with Gasteiger partial charge in [-0.15, -0.1) is 0 Å². The number of nitrogens with zero attached hydrogens (tertiary/aromatic N) is 1. The Morgan fingerprint density at radius 3 is 2.63 bits per heavy atom. The van der Waals surface area contributed by atoms with E-state index >= 15 is 0 Å². The molecule has 3 rings (SSSR count). The first-order valence-corrected chi connectivity index (χ1v) is 12.0. The summed E-state index contributed by atoms with van der Waals surface area (Å²) in [6.07, 6.45) is 2.55. The topological polar surface area (TPSA) is 75.7 Å². The van der Waals surface area contributed by atoms with Gasteiger partial charge < -0.3 is 10.1 Å². The first kappa shape index (κ1) is 22.2. The van der Waals surface area contributed by atoms with E-state index in [1.807, 2.05) is 63.2 Å². The maximum Gasteiger partial charge on any atom is 0.232 e. The van der Waals surface area contributed by atoms with Gasteiger partial charge in [0.25, 0.3) is 0 Å². The molecule has 0 radical (unpaired) electrons. The summed E-state index contributed by atoms with van der Waals surface area (Å²) < 4.78 is 31.9. The van der Waals surface area contributed by atoms with Crippen molar-refractivity contribution in [3.05, 3.63) is 59.7 Å². The van der Waals surface area contributed by atoms with Crippen molar-refractivity contribution >= 4 is 21.6 Å². The molecule has 0 saturated heterocycles. The molecule has 1 atom stereocenters. The average Bonchev–Trinajstić information content (AvgIpc) is 2.63. The van der Waals surface area contributed by atoms with Gasteiger partial charge in [0.15, 0.2) is 0 Å². The first-order valence-electron chi connectivity index (χ1n) is 10.2. The van der Waals surface area contributed by atoms with Gasteiger partial charge in [0, 0.05) is 24.9 Å². The number of carbonyl (C=O) groups excluding carboxylic acids is 1. The van der Waals surface area contributed by atoms with E-state index in [-0.39, 0.29) is 30.5 Å². The lowest BCUT2D eigenvalue weighted by Gasteiger charge is -2.37. The molecule has 0 aromatic heterocycles. The van der Waals surface area contributed by atoms with Gasteiger partial charge in [-0.3, -0.25) is 9.10 Å². The molecular formula is C23H30N2O4S. The lowest BCUT2D eigenvalue weighted by atomic mass is 9.89. The monoisotopic (exact) mass is 430 g/mol. The molecule has 30 heavy (non-hydrogen) atoms. The van der Waals surface area contributed by atoms with Crippen molar-refractivity contribution in [2.24, 2.45) is 0 Å². The summed E-state index contributed by atoms with van der Waals surface area (Å²) in [4.78, 5) is 12.6. The van der Waals surface area contributed by atoms with Gasteiger partial charge in [0.2, 0.25) is 15.9 Å². The number of ether oxygens (including phenoxy) is 1. The molecule has 1 unspecified atom stereocenters. The highest BCUT2D eigenvalue weighted by Gasteiger charge is 2.34. The predicted molar refractivity (Wildman–Crippen MR) is 119 cm³/mol. The molecular weight excluding hydrogens is 400 g/mol. The molecule has 7 heteroatoms. The van der Waals surface area contributed by atoms with Gasteiger partial charge in [-0.1, -0.05) is 30.3 Å². The average molecular weight is 431 g/mol. The number of para-hydroxylation sites is 1. The van der Waals surface area contributed by atoms with Crippen LogP contribution in [0.2, 0.25) is 0 Å². The van der Waals surface area contributed by atoms with Crippen LogP contribution in [-0.2, 0) is 14.8 Å². The van der Waals surface area contributed by atoms with Crippen molar-refractivity contribution in [3.8, 4) is 5.75 Å². The third-order valence-corrected chi connectivity index (χ3v) is 6.36. The molecule has 0 spiro atoms. The van der Waals surface area contributed by atoms with Crippen LogP contribution in [0.4, 0.5) is 5.69 Å². The number of hydrogen-bond acceptors (Lipinski definition) is 4. The Morgan fingerprint density at radius 2 is 1.93 bits per heavy atom. The lowest BCUT2D eigenvalue weighted by Crippen LogP contribution is -2.41. The van der Waals surface area contributed by atoms with Crippen LogP contribution in [0.15, 0.2) is 48.5 Å². The summed E-state index contributed by atoms with van der Waals surface area (Å²) in [6.45, 7) is 6.19. The number of benzene rings is 2. The fourth-order valence-corrected chi connectivity index (χ4v) is 4.81. The molecule has 0 aliphatic carbocycles. The van der Waals surface area contributed by atoms with Crippen LogP contribution >= 0.6 is 0 Å². The highest BCUT2D eigenvalue weighted by molar-refractivity contribution is 7.92. The molecule has 1 aliphatic rings. The minimum Gasteiger partial charge on any atom is -0.487 e. The van der Waals surface area contributed by atoms with Gasteiger partial charge in [-0.05, 0) is 51.0 Å². The third-order valence-electron chi connectivity index (χ3n) is 5.17. The van der Waals surface area contributed by atoms with Crippen molar-refractivity contribution in [2.75, 3.05) is 17.1 Å². The number of fused-ring (bicyclic) bond motifs is 1. The number of amides is 1. The molecule has 1 heterocycles. The molecule has 2 aromatic rings. The van der Waals surface area contributed by atoms with Crippen LogP contribution in [0.1, 0.15) is 50.3 Å². The number of anilines is 1. The zero-order valence-corrected chi connectivity index (χ0v) is 18.8. The fourth-order valence-electron chi connectivity index (χ4n) is 3.85. The second kappa shape index (κ2) is 8.68. The third kappa shape index (κ3) is 5.53. The normalized spacial score (nSPS) is 17.5. The summed E-state index contributed by atoms with van der Waals surface area (Å²) in [5.74, 6) is 0.701. The largest absolute Gasteiger partial charge is 0.487 e. The second-order valence-corrected chi connectivity index (χ2v) is 10.4. The van der Waals surface area contributed by atoms with E-state index in [2.05, 4.69) is 5.32 Å². The summed E-state index contributed by atoms with van der Waals surface area (Å²) in [5.41, 5.74) is 2.21. The van der Waals surface area contributed by atoms with E-state index in [4.69, 9.17) is 4.74 Å². The van der Waals surface area contributed by atoms with Crippen molar-refractivity contribution in [1.82, 2.24) is 5.32 Å². The molecule has 1 amide bonds. The summed E-state index contributed by atoms with van der Waals surface area (Å²) in [5, 5.41) is 3.11. The number of rotatable bonds is 7. The van der Waals surface area contributed by atoms with Gasteiger partial charge in [0.1, 0.15) is 11.4 Å². The Kier molecular flexibility index (Phi) is 6.41. The highest BCUT2D eigenvalue weighted by Crippen LogP contribution is 2.39. The molecule has 0 fully saturated rings. The van der Waals surface area contributed by atoms with E-state index in [9.17, 15) is 13.2 Å². The van der Waals surface area contributed by atoms with E-state index < -0.39 is 10.0 Å². The van der Waals surface area contributed by atoms with Crippen LogP contribution in [-0.4, -0.2) is 32.7 Å². The van der Waals surface area contributed by atoms with Gasteiger partial charge >= 0.3 is 0 Å². The maximum absolute atomic E-state index is 12.6. The fraction of sp³-hybridized carbons (Fsp3) is 0.435. The zero-order chi connectivity index (χ0) is 21.9. The van der Waals surface area contributed by atoms with E-state index in [1.165, 1.54) is 10.6 Å². The standard InChI is InChI=1S/C23H30N2O4S/c1-17-9-7-10-18(15-17)25(30(4,27)28)14-8-13-22(26)24-20-16-23(2,3)29-21-12-6-5-11-19(20)21/h5-7,9-12,15,20H,8,13-14,16H2,1-4H3,(H,24,26). The second-order valence-electron chi connectivity index (χ2n) is 8.50.